The summed E-state index contributed by atoms with van der Waals surface area (Å²) >= 11 is 0. The summed E-state index contributed by atoms with van der Waals surface area (Å²) in [5.74, 6) is -0.563. The van der Waals surface area contributed by atoms with Crippen LogP contribution < -0.4 is 0 Å². The zero-order chi connectivity index (χ0) is 50.6. The summed E-state index contributed by atoms with van der Waals surface area (Å²) in [5, 5.41) is 9.68. The van der Waals surface area contributed by atoms with Gasteiger partial charge < -0.3 is 14.6 Å². The predicted octanol–water partition coefficient (Wildman–Crippen LogP) is 21.9. The van der Waals surface area contributed by atoms with Crippen LogP contribution in [0.5, 0.6) is 0 Å². The van der Waals surface area contributed by atoms with Crippen molar-refractivity contribution in [3.8, 4) is 0 Å². The maximum atomic E-state index is 12.3. The van der Waals surface area contributed by atoms with Crippen LogP contribution in [0.2, 0.25) is 0 Å². The molecule has 0 aliphatic rings. The number of carbonyl (C=O) groups excluding carboxylic acids is 2. The van der Waals surface area contributed by atoms with Crippen molar-refractivity contribution in [1.29, 1.82) is 0 Å². The summed E-state index contributed by atoms with van der Waals surface area (Å²) in [6.07, 6.45) is 78.0. The van der Waals surface area contributed by atoms with E-state index in [9.17, 15) is 14.7 Å². The number of ether oxygens (including phenoxy) is 2. The van der Waals surface area contributed by atoms with Gasteiger partial charge in [-0.15, -0.1) is 0 Å². The molecule has 0 aliphatic carbocycles. The predicted molar refractivity (Wildman–Crippen MR) is 307 cm³/mol. The van der Waals surface area contributed by atoms with Crippen LogP contribution in [0.1, 0.15) is 373 Å². The highest BCUT2D eigenvalue weighted by Crippen LogP contribution is 2.19. The van der Waals surface area contributed by atoms with Crippen molar-refractivity contribution in [1.82, 2.24) is 0 Å². The SMILES string of the molecule is CCCCCCCCCC/C=C\CCCCCCCCCCCCCCCCCCCC(=O)OC(CO)COC(=O)CCCCCCCCCCCCCCCCCCCCCCCCCCCCC. The van der Waals surface area contributed by atoms with E-state index in [0.717, 1.165) is 32.1 Å². The number of aliphatic hydroxyl groups is 1. The van der Waals surface area contributed by atoms with Crippen molar-refractivity contribution in [2.75, 3.05) is 13.2 Å². The van der Waals surface area contributed by atoms with Crippen molar-refractivity contribution >= 4 is 11.9 Å². The summed E-state index contributed by atoms with van der Waals surface area (Å²) in [5.41, 5.74) is 0. The lowest BCUT2D eigenvalue weighted by Crippen LogP contribution is -2.28. The molecule has 416 valence electrons. The second kappa shape index (κ2) is 61.9. The number of hydrogen-bond donors (Lipinski definition) is 1. The van der Waals surface area contributed by atoms with Crippen molar-refractivity contribution in [2.24, 2.45) is 0 Å². The summed E-state index contributed by atoms with van der Waals surface area (Å²) in [6, 6.07) is 0. The first-order valence-electron chi connectivity index (χ1n) is 32.2. The Morgan fingerprint density at radius 2 is 0.529 bits per heavy atom. The van der Waals surface area contributed by atoms with Gasteiger partial charge in [-0.2, -0.15) is 0 Å². The molecule has 0 aromatic rings. The number of esters is 2. The van der Waals surface area contributed by atoms with Crippen LogP contribution in [0.15, 0.2) is 12.2 Å². The first-order valence-corrected chi connectivity index (χ1v) is 32.2. The second-order valence-electron chi connectivity index (χ2n) is 22.2. The van der Waals surface area contributed by atoms with E-state index in [1.807, 2.05) is 0 Å². The van der Waals surface area contributed by atoms with E-state index in [4.69, 9.17) is 9.47 Å². The zero-order valence-electron chi connectivity index (χ0n) is 47.8. The number of unbranched alkanes of at least 4 members (excludes halogenated alkanes) is 51. The lowest BCUT2D eigenvalue weighted by atomic mass is 10.0. The number of allylic oxidation sites excluding steroid dienone is 2. The Morgan fingerprint density at radius 1 is 0.314 bits per heavy atom. The molecule has 0 spiro atoms. The van der Waals surface area contributed by atoms with Gasteiger partial charge in [-0.3, -0.25) is 9.59 Å². The van der Waals surface area contributed by atoms with Gasteiger partial charge in [0.25, 0.3) is 0 Å². The van der Waals surface area contributed by atoms with Crippen LogP contribution in [0.25, 0.3) is 0 Å². The molecule has 0 saturated heterocycles. The number of aliphatic hydroxyl groups excluding tert-OH is 1. The Labute approximate surface area is 439 Å². The molecule has 0 aliphatic heterocycles. The van der Waals surface area contributed by atoms with Gasteiger partial charge in [0.15, 0.2) is 6.10 Å². The first kappa shape index (κ1) is 68.6. The van der Waals surface area contributed by atoms with E-state index in [0.29, 0.717) is 12.8 Å². The lowest BCUT2D eigenvalue weighted by molar-refractivity contribution is -0.161. The third-order valence-corrected chi connectivity index (χ3v) is 15.1. The Balaban J connectivity index is 3.38. The van der Waals surface area contributed by atoms with E-state index < -0.39 is 6.10 Å². The molecule has 1 atom stereocenters. The lowest BCUT2D eigenvalue weighted by Gasteiger charge is -2.15. The van der Waals surface area contributed by atoms with Crippen molar-refractivity contribution in [3.63, 3.8) is 0 Å². The summed E-state index contributed by atoms with van der Waals surface area (Å²) in [7, 11) is 0. The fourth-order valence-electron chi connectivity index (χ4n) is 10.2. The van der Waals surface area contributed by atoms with E-state index >= 15 is 0 Å². The third-order valence-electron chi connectivity index (χ3n) is 15.1. The topological polar surface area (TPSA) is 72.8 Å². The quantitative estimate of drug-likeness (QED) is 0.0373. The van der Waals surface area contributed by atoms with E-state index in [-0.39, 0.29) is 25.2 Å². The summed E-state index contributed by atoms with van der Waals surface area (Å²) < 4.78 is 10.8. The Hall–Kier alpha value is -1.36. The average Bonchev–Trinajstić information content (AvgIpc) is 3.36. The zero-order valence-corrected chi connectivity index (χ0v) is 47.8. The highest BCUT2D eigenvalue weighted by Gasteiger charge is 2.16. The van der Waals surface area contributed by atoms with E-state index in [2.05, 4.69) is 26.0 Å². The van der Waals surface area contributed by atoms with Crippen LogP contribution in [0.3, 0.4) is 0 Å². The molecular formula is C65H126O5. The largest absolute Gasteiger partial charge is 0.462 e. The van der Waals surface area contributed by atoms with E-state index in [1.165, 1.54) is 315 Å². The van der Waals surface area contributed by atoms with Gasteiger partial charge in [-0.1, -0.05) is 334 Å². The van der Waals surface area contributed by atoms with Crippen LogP contribution in [0, 0.1) is 0 Å². The molecule has 1 unspecified atom stereocenters. The van der Waals surface area contributed by atoms with E-state index in [1.54, 1.807) is 0 Å². The van der Waals surface area contributed by atoms with Gasteiger partial charge in [0.05, 0.1) is 6.61 Å². The number of hydrogen-bond acceptors (Lipinski definition) is 5. The fourth-order valence-corrected chi connectivity index (χ4v) is 10.2. The summed E-state index contributed by atoms with van der Waals surface area (Å²) in [6.45, 7) is 4.21. The van der Waals surface area contributed by atoms with Crippen LogP contribution in [-0.2, 0) is 19.1 Å². The van der Waals surface area contributed by atoms with Crippen molar-refractivity contribution in [3.05, 3.63) is 12.2 Å². The van der Waals surface area contributed by atoms with Gasteiger partial charge in [0.1, 0.15) is 6.61 Å². The van der Waals surface area contributed by atoms with Gasteiger partial charge >= 0.3 is 11.9 Å². The monoisotopic (exact) mass is 987 g/mol. The van der Waals surface area contributed by atoms with Gasteiger partial charge in [-0.05, 0) is 38.5 Å². The molecule has 0 fully saturated rings. The smallest absolute Gasteiger partial charge is 0.306 e. The Morgan fingerprint density at radius 3 is 0.771 bits per heavy atom. The second-order valence-corrected chi connectivity index (χ2v) is 22.2. The van der Waals surface area contributed by atoms with Gasteiger partial charge in [0.2, 0.25) is 0 Å². The van der Waals surface area contributed by atoms with Crippen LogP contribution >= 0.6 is 0 Å². The molecule has 5 nitrogen and oxygen atoms in total. The molecule has 0 amide bonds. The maximum Gasteiger partial charge on any atom is 0.306 e. The minimum atomic E-state index is -0.767. The molecule has 0 bridgehead atoms. The molecule has 0 rings (SSSR count). The average molecular weight is 988 g/mol. The molecule has 1 N–H and O–H groups in total. The number of carbonyl (C=O) groups is 2. The molecule has 0 aromatic carbocycles. The number of rotatable bonds is 61. The molecule has 0 heterocycles. The molecule has 70 heavy (non-hydrogen) atoms. The molecule has 0 aromatic heterocycles. The minimum absolute atomic E-state index is 0.0571. The molecule has 5 heteroatoms. The minimum Gasteiger partial charge on any atom is -0.462 e. The van der Waals surface area contributed by atoms with Crippen LogP contribution in [-0.4, -0.2) is 36.4 Å². The standard InChI is InChI=1S/C65H126O5/c1-3-5-7-9-11-13-15-17-19-21-23-25-27-29-31-32-34-36-38-40-42-44-46-48-50-52-54-56-58-60-65(68)70-63(61-66)62-69-64(67)59-57-55-53-51-49-47-45-43-41-39-37-35-33-30-28-26-24-22-20-18-16-14-12-10-8-6-4-2/h21,23,63,66H,3-20,22,24-62H2,1-2H3/b23-21-. The molecule has 0 saturated carbocycles. The fraction of sp³-hybridized carbons (Fsp3) is 0.938. The Bertz CT molecular complexity index is 1030. The van der Waals surface area contributed by atoms with Gasteiger partial charge in [0, 0.05) is 12.8 Å². The van der Waals surface area contributed by atoms with Gasteiger partial charge in [-0.25, -0.2) is 0 Å². The van der Waals surface area contributed by atoms with Crippen LogP contribution in [0.4, 0.5) is 0 Å². The molecule has 0 radical (unpaired) electrons. The van der Waals surface area contributed by atoms with Crippen molar-refractivity contribution < 1.29 is 24.2 Å². The first-order chi connectivity index (χ1) is 34.6. The third kappa shape index (κ3) is 59.2. The highest BCUT2D eigenvalue weighted by molar-refractivity contribution is 5.70. The molecular weight excluding hydrogens is 861 g/mol. The Kier molecular flexibility index (Phi) is 60.7. The van der Waals surface area contributed by atoms with Crippen molar-refractivity contribution in [2.45, 2.75) is 380 Å². The normalized spacial score (nSPS) is 12.1. The summed E-state index contributed by atoms with van der Waals surface area (Å²) in [4.78, 5) is 24.6. The highest BCUT2D eigenvalue weighted by atomic mass is 16.6. The maximum absolute atomic E-state index is 12.3.